The van der Waals surface area contributed by atoms with Crippen molar-refractivity contribution < 1.29 is 19.0 Å². The van der Waals surface area contributed by atoms with Crippen LogP contribution in [0.5, 0.6) is 11.6 Å². The number of aromatic nitrogens is 3. The molecule has 1 aromatic carbocycles. The van der Waals surface area contributed by atoms with Crippen molar-refractivity contribution in [3.05, 3.63) is 64.1 Å². The molecule has 0 saturated carbocycles. The number of fused-ring (bicyclic) bond motifs is 1. The first-order valence-corrected chi connectivity index (χ1v) is 11.0. The molecule has 1 N–H and O–H groups in total. The summed E-state index contributed by atoms with van der Waals surface area (Å²) in [5.74, 6) is 0.755. The molecular weight excluding hydrogens is 452 g/mol. The second kappa shape index (κ2) is 10.1. The molecule has 0 bridgehead atoms. The molecule has 4 rings (SSSR count). The summed E-state index contributed by atoms with van der Waals surface area (Å²) in [6.45, 7) is 0.734. The normalized spacial score (nSPS) is 11.2. The lowest BCUT2D eigenvalue weighted by molar-refractivity contribution is 0.0782. The van der Waals surface area contributed by atoms with E-state index in [2.05, 4.69) is 15.4 Å². The van der Waals surface area contributed by atoms with Gasteiger partial charge < -0.3 is 19.5 Å². The van der Waals surface area contributed by atoms with Crippen molar-refractivity contribution in [1.82, 2.24) is 20.1 Å². The fourth-order valence-electron chi connectivity index (χ4n) is 3.15. The van der Waals surface area contributed by atoms with Gasteiger partial charge in [0.25, 0.3) is 5.91 Å². The van der Waals surface area contributed by atoms with Gasteiger partial charge in [-0.3, -0.25) is 4.79 Å². The van der Waals surface area contributed by atoms with E-state index >= 15 is 0 Å². The van der Waals surface area contributed by atoms with Gasteiger partial charge in [0.05, 0.1) is 52.8 Å². The molecule has 4 aromatic rings. The summed E-state index contributed by atoms with van der Waals surface area (Å²) in [4.78, 5) is 17.6. The van der Waals surface area contributed by atoms with Gasteiger partial charge >= 0.3 is 0 Å². The molecule has 8 nitrogen and oxygen atoms in total. The molecule has 0 saturated heterocycles. The molecule has 0 atom stereocenters. The minimum absolute atomic E-state index is 0.189. The highest BCUT2D eigenvalue weighted by molar-refractivity contribution is 7.12. The number of benzene rings is 1. The molecule has 0 aliphatic heterocycles. The summed E-state index contributed by atoms with van der Waals surface area (Å²) in [7, 11) is 3.17. The van der Waals surface area contributed by atoms with Crippen LogP contribution in [0.4, 0.5) is 0 Å². The molecule has 0 fully saturated rings. The third kappa shape index (κ3) is 4.91. The van der Waals surface area contributed by atoms with E-state index in [0.717, 1.165) is 16.6 Å². The maximum atomic E-state index is 12.6. The predicted molar refractivity (Wildman–Crippen MR) is 123 cm³/mol. The molecule has 10 heteroatoms. The number of hydrogen-bond acceptors (Lipinski definition) is 7. The van der Waals surface area contributed by atoms with Gasteiger partial charge in [-0.05, 0) is 18.2 Å². The van der Waals surface area contributed by atoms with Crippen molar-refractivity contribution >= 4 is 39.7 Å². The quantitative estimate of drug-likeness (QED) is 0.390. The Morgan fingerprint density at radius 1 is 1.19 bits per heavy atom. The number of para-hydroxylation sites is 1. The van der Waals surface area contributed by atoms with Gasteiger partial charge in [-0.2, -0.15) is 5.10 Å². The van der Waals surface area contributed by atoms with Crippen LogP contribution in [-0.2, 0) is 9.47 Å². The van der Waals surface area contributed by atoms with Gasteiger partial charge in [0, 0.05) is 31.1 Å². The number of carbonyl (C=O) groups is 1. The number of methoxy groups -OCH3 is 2. The second-order valence-electron chi connectivity index (χ2n) is 6.92. The van der Waals surface area contributed by atoms with Crippen molar-refractivity contribution in [3.63, 3.8) is 0 Å². The van der Waals surface area contributed by atoms with Crippen LogP contribution in [0.25, 0.3) is 16.6 Å². The molecule has 0 unspecified atom stereocenters. The highest BCUT2D eigenvalue weighted by Gasteiger charge is 2.17. The Morgan fingerprint density at radius 3 is 2.72 bits per heavy atom. The van der Waals surface area contributed by atoms with E-state index in [-0.39, 0.29) is 11.9 Å². The maximum Gasteiger partial charge on any atom is 0.261 e. The highest BCUT2D eigenvalue weighted by atomic mass is 35.5. The Balaban J connectivity index is 1.52. The van der Waals surface area contributed by atoms with Crippen LogP contribution in [0.2, 0.25) is 5.02 Å². The van der Waals surface area contributed by atoms with Crippen LogP contribution in [0.1, 0.15) is 9.67 Å². The second-order valence-corrected chi connectivity index (χ2v) is 8.24. The fraction of sp³-hybridized carbons (Fsp3) is 0.227. The van der Waals surface area contributed by atoms with Gasteiger partial charge in [-0.1, -0.05) is 23.7 Å². The Hall–Kier alpha value is -2.98. The number of rotatable bonds is 9. The topological polar surface area (TPSA) is 87.5 Å². The van der Waals surface area contributed by atoms with E-state index in [1.807, 2.05) is 17.5 Å². The van der Waals surface area contributed by atoms with E-state index in [4.69, 9.17) is 25.8 Å². The molecule has 0 spiro atoms. The first kappa shape index (κ1) is 22.2. The number of halogens is 1. The molecule has 0 aliphatic carbocycles. The summed E-state index contributed by atoms with van der Waals surface area (Å²) in [5, 5.41) is 10.6. The number of hydrogen-bond donors (Lipinski definition) is 1. The Kier molecular flexibility index (Phi) is 7.01. The monoisotopic (exact) mass is 472 g/mol. The van der Waals surface area contributed by atoms with E-state index in [9.17, 15) is 4.79 Å². The van der Waals surface area contributed by atoms with Gasteiger partial charge in [-0.15, -0.1) is 11.3 Å². The van der Waals surface area contributed by atoms with Crippen LogP contribution in [0.15, 0.2) is 54.2 Å². The van der Waals surface area contributed by atoms with Gasteiger partial charge in [0.1, 0.15) is 5.75 Å². The maximum absolute atomic E-state index is 12.6. The van der Waals surface area contributed by atoms with Crippen molar-refractivity contribution in [1.29, 1.82) is 0 Å². The van der Waals surface area contributed by atoms with E-state index in [1.54, 1.807) is 55.6 Å². The zero-order valence-corrected chi connectivity index (χ0v) is 19.0. The van der Waals surface area contributed by atoms with Crippen LogP contribution in [0.3, 0.4) is 0 Å². The number of ether oxygens (including phenoxy) is 3. The average Bonchev–Trinajstić information content (AvgIpc) is 3.42. The highest BCUT2D eigenvalue weighted by Crippen LogP contribution is 2.30. The smallest absolute Gasteiger partial charge is 0.261 e. The third-order valence-electron chi connectivity index (χ3n) is 4.61. The Labute approximate surface area is 193 Å². The fourth-order valence-corrected chi connectivity index (χ4v) is 4.10. The van der Waals surface area contributed by atoms with Crippen LogP contribution >= 0.6 is 22.9 Å². The minimum atomic E-state index is -0.227. The van der Waals surface area contributed by atoms with Crippen molar-refractivity contribution in [2.24, 2.45) is 0 Å². The molecule has 0 radical (unpaired) electrons. The minimum Gasteiger partial charge on any atom is -0.437 e. The predicted octanol–water partition coefficient (Wildman–Crippen LogP) is 4.32. The SMILES string of the molecule is COCC(COC)NC(=O)c1cc(-n2ncc3cc(Oc4ccccc4Cl)ncc32)cs1. The Morgan fingerprint density at radius 2 is 1.97 bits per heavy atom. The zero-order valence-electron chi connectivity index (χ0n) is 17.4. The van der Waals surface area contributed by atoms with E-state index < -0.39 is 0 Å². The van der Waals surface area contributed by atoms with Crippen molar-refractivity contribution in [2.45, 2.75) is 6.04 Å². The number of nitrogens with zero attached hydrogens (tertiary/aromatic N) is 3. The molecule has 3 heterocycles. The Bertz CT molecular complexity index is 1220. The summed E-state index contributed by atoms with van der Waals surface area (Å²) in [6.07, 6.45) is 3.40. The molecular formula is C22H21ClN4O4S. The summed E-state index contributed by atoms with van der Waals surface area (Å²) in [5.41, 5.74) is 1.56. The lowest BCUT2D eigenvalue weighted by atomic mass is 10.3. The summed E-state index contributed by atoms with van der Waals surface area (Å²) < 4.78 is 17.8. The number of nitrogens with one attached hydrogen (secondary N) is 1. The molecule has 166 valence electrons. The molecule has 0 aliphatic rings. The molecule has 1 amide bonds. The first-order chi connectivity index (χ1) is 15.6. The van der Waals surface area contributed by atoms with Gasteiger partial charge in [0.2, 0.25) is 5.88 Å². The molecule has 3 aromatic heterocycles. The average molecular weight is 473 g/mol. The molecule has 32 heavy (non-hydrogen) atoms. The zero-order chi connectivity index (χ0) is 22.5. The van der Waals surface area contributed by atoms with E-state index in [0.29, 0.717) is 34.7 Å². The van der Waals surface area contributed by atoms with E-state index in [1.165, 1.54) is 11.3 Å². The van der Waals surface area contributed by atoms with Gasteiger partial charge in [-0.25, -0.2) is 9.67 Å². The standard InChI is InChI=1S/C22H21ClN4O4S/c1-29-11-15(12-30-2)26-22(28)20-8-16(13-32-20)27-18-10-24-21(7-14(18)9-25-27)31-19-6-4-3-5-17(19)23/h3-10,13,15H,11-12H2,1-2H3,(H,26,28). The number of thiophene rings is 1. The van der Waals surface area contributed by atoms with Crippen molar-refractivity contribution in [2.75, 3.05) is 27.4 Å². The number of carbonyl (C=O) groups excluding carboxylic acids is 1. The van der Waals surface area contributed by atoms with Crippen LogP contribution in [0, 0.1) is 0 Å². The van der Waals surface area contributed by atoms with Gasteiger partial charge in [0.15, 0.2) is 0 Å². The number of amides is 1. The van der Waals surface area contributed by atoms with Crippen molar-refractivity contribution in [3.8, 4) is 17.3 Å². The van der Waals surface area contributed by atoms with Crippen LogP contribution < -0.4 is 10.1 Å². The number of pyridine rings is 1. The lowest BCUT2D eigenvalue weighted by Crippen LogP contribution is -2.40. The van der Waals surface area contributed by atoms with Crippen LogP contribution in [-0.4, -0.2) is 54.1 Å². The largest absolute Gasteiger partial charge is 0.437 e. The summed E-state index contributed by atoms with van der Waals surface area (Å²) in [6, 6.07) is 10.6. The first-order valence-electron chi connectivity index (χ1n) is 9.73. The lowest BCUT2D eigenvalue weighted by Gasteiger charge is -2.16. The third-order valence-corrected chi connectivity index (χ3v) is 5.83. The summed E-state index contributed by atoms with van der Waals surface area (Å²) >= 11 is 7.49.